The molecule has 1 aromatic carbocycles. The average molecular weight is 419 g/mol. The highest BCUT2D eigenvalue weighted by Crippen LogP contribution is 2.38. The van der Waals surface area contributed by atoms with Crippen molar-refractivity contribution in [1.82, 2.24) is 10.2 Å². The number of likely N-dealkylation sites (tertiary alicyclic amines) is 1. The zero-order chi connectivity index (χ0) is 20.2. The second-order valence-corrected chi connectivity index (χ2v) is 7.57. The average Bonchev–Trinajstić information content (AvgIpc) is 3.17. The van der Waals surface area contributed by atoms with Gasteiger partial charge in [-0.15, -0.1) is 0 Å². The minimum Gasteiger partial charge on any atom is -0.489 e. The van der Waals surface area contributed by atoms with Gasteiger partial charge >= 0.3 is 0 Å². The van der Waals surface area contributed by atoms with Crippen LogP contribution in [0, 0.1) is 0 Å². The summed E-state index contributed by atoms with van der Waals surface area (Å²) in [6.07, 6.45) is 4.64. The lowest BCUT2D eigenvalue weighted by Gasteiger charge is -2.34. The number of fused-ring (bicyclic) bond motifs is 1. The van der Waals surface area contributed by atoms with Gasteiger partial charge < -0.3 is 24.1 Å². The van der Waals surface area contributed by atoms with Gasteiger partial charge in [-0.1, -0.05) is 11.6 Å². The summed E-state index contributed by atoms with van der Waals surface area (Å²) in [5, 5.41) is 3.39. The summed E-state index contributed by atoms with van der Waals surface area (Å²) < 4.78 is 16.5. The van der Waals surface area contributed by atoms with Gasteiger partial charge in [-0.3, -0.25) is 9.59 Å². The van der Waals surface area contributed by atoms with E-state index in [1.807, 2.05) is 6.07 Å². The molecule has 154 valence electrons. The first kappa shape index (κ1) is 19.6. The number of ether oxygens (including phenoxy) is 2. The molecule has 2 aromatic rings. The summed E-state index contributed by atoms with van der Waals surface area (Å²) in [7, 11) is 0. The van der Waals surface area contributed by atoms with E-state index in [1.165, 1.54) is 6.26 Å². The van der Waals surface area contributed by atoms with Gasteiger partial charge in [0, 0.05) is 19.5 Å². The maximum Gasteiger partial charge on any atom is 0.290 e. The number of amides is 2. The molecule has 1 unspecified atom stereocenters. The van der Waals surface area contributed by atoms with Crippen LogP contribution < -0.4 is 14.8 Å². The van der Waals surface area contributed by atoms with E-state index in [-0.39, 0.29) is 24.1 Å². The van der Waals surface area contributed by atoms with Gasteiger partial charge in [0.1, 0.15) is 6.04 Å². The summed E-state index contributed by atoms with van der Waals surface area (Å²) in [5.74, 6) is 0.939. The predicted molar refractivity (Wildman–Crippen MR) is 106 cm³/mol. The Hall–Kier alpha value is -2.67. The van der Waals surface area contributed by atoms with Gasteiger partial charge in [-0.05, 0) is 49.1 Å². The molecule has 3 heterocycles. The number of rotatable bonds is 4. The van der Waals surface area contributed by atoms with Gasteiger partial charge in [0.2, 0.25) is 5.91 Å². The van der Waals surface area contributed by atoms with Crippen LogP contribution in [0.3, 0.4) is 0 Å². The van der Waals surface area contributed by atoms with E-state index in [0.717, 1.165) is 24.8 Å². The Morgan fingerprint density at radius 1 is 1.17 bits per heavy atom. The number of furan rings is 1. The zero-order valence-electron chi connectivity index (χ0n) is 16.0. The van der Waals surface area contributed by atoms with Gasteiger partial charge in [0.15, 0.2) is 17.3 Å². The fraction of sp³-hybridized carbons (Fsp3) is 0.429. The second-order valence-electron chi connectivity index (χ2n) is 7.16. The number of nitrogens with zero attached hydrogens (tertiary/aromatic N) is 1. The number of piperidine rings is 1. The Morgan fingerprint density at radius 3 is 2.86 bits per heavy atom. The number of benzene rings is 1. The van der Waals surface area contributed by atoms with Crippen LogP contribution in [0.1, 0.15) is 41.8 Å². The van der Waals surface area contributed by atoms with Crippen LogP contribution in [0.25, 0.3) is 0 Å². The Labute approximate surface area is 173 Å². The van der Waals surface area contributed by atoms with Gasteiger partial charge in [-0.25, -0.2) is 0 Å². The van der Waals surface area contributed by atoms with E-state index in [9.17, 15) is 9.59 Å². The van der Waals surface area contributed by atoms with Gasteiger partial charge in [0.05, 0.1) is 24.5 Å². The number of carbonyl (C=O) groups excluding carboxylic acids is 2. The molecule has 7 nitrogen and oxygen atoms in total. The molecule has 0 saturated carbocycles. The van der Waals surface area contributed by atoms with Crippen molar-refractivity contribution in [2.24, 2.45) is 0 Å². The van der Waals surface area contributed by atoms with Crippen molar-refractivity contribution in [2.75, 3.05) is 19.8 Å². The van der Waals surface area contributed by atoms with Crippen molar-refractivity contribution < 1.29 is 23.5 Å². The van der Waals surface area contributed by atoms with Crippen molar-refractivity contribution >= 4 is 23.4 Å². The Bertz CT molecular complexity index is 883. The topological polar surface area (TPSA) is 81.0 Å². The highest BCUT2D eigenvalue weighted by molar-refractivity contribution is 6.32. The third kappa shape index (κ3) is 4.34. The molecule has 4 rings (SSSR count). The normalized spacial score (nSPS) is 18.8. The van der Waals surface area contributed by atoms with E-state index in [1.54, 1.807) is 23.1 Å². The van der Waals surface area contributed by atoms with Crippen molar-refractivity contribution in [2.45, 2.75) is 38.3 Å². The van der Waals surface area contributed by atoms with Crippen molar-refractivity contribution in [3.8, 4) is 11.5 Å². The summed E-state index contributed by atoms with van der Waals surface area (Å²) in [5.41, 5.74) is 0.812. The summed E-state index contributed by atoms with van der Waals surface area (Å²) in [4.78, 5) is 27.1. The molecular weight excluding hydrogens is 396 g/mol. The van der Waals surface area contributed by atoms with E-state index in [2.05, 4.69) is 5.32 Å². The van der Waals surface area contributed by atoms with Crippen LogP contribution in [-0.2, 0) is 11.3 Å². The number of carbonyl (C=O) groups is 2. The molecular formula is C21H23ClN2O5. The predicted octanol–water partition coefficient (Wildman–Crippen LogP) is 3.41. The monoisotopic (exact) mass is 418 g/mol. The highest BCUT2D eigenvalue weighted by atomic mass is 35.5. The molecule has 2 aliphatic heterocycles. The molecule has 1 aromatic heterocycles. The number of hydrogen-bond donors (Lipinski definition) is 1. The van der Waals surface area contributed by atoms with Crippen molar-refractivity contribution in [1.29, 1.82) is 0 Å². The SMILES string of the molecule is O=C(NCc1cc(Cl)c2c(c1)OCCCO2)C1CCCCN1C(=O)c1ccco1. The lowest BCUT2D eigenvalue weighted by molar-refractivity contribution is -0.126. The minimum absolute atomic E-state index is 0.187. The minimum atomic E-state index is -0.516. The third-order valence-corrected chi connectivity index (χ3v) is 5.41. The van der Waals surface area contributed by atoms with Gasteiger partial charge in [-0.2, -0.15) is 0 Å². The van der Waals surface area contributed by atoms with Crippen LogP contribution in [0.4, 0.5) is 0 Å². The molecule has 1 fully saturated rings. The number of nitrogens with one attached hydrogen (secondary N) is 1. The molecule has 2 amide bonds. The molecule has 8 heteroatoms. The Morgan fingerprint density at radius 2 is 2.03 bits per heavy atom. The van der Waals surface area contributed by atoms with Crippen LogP contribution in [0.5, 0.6) is 11.5 Å². The maximum absolute atomic E-state index is 12.9. The van der Waals surface area contributed by atoms with Crippen molar-refractivity contribution in [3.63, 3.8) is 0 Å². The molecule has 1 saturated heterocycles. The Balaban J connectivity index is 1.44. The van der Waals surface area contributed by atoms with Crippen molar-refractivity contribution in [3.05, 3.63) is 46.9 Å². The van der Waals surface area contributed by atoms with E-state index >= 15 is 0 Å². The standard InChI is InChI=1S/C21H23ClN2O5/c22-15-11-14(12-18-19(15)29-10-4-9-28-18)13-23-20(25)16-5-1-2-7-24(16)21(26)17-6-3-8-27-17/h3,6,8,11-12,16H,1-2,4-5,7,9-10,13H2,(H,23,25). The highest BCUT2D eigenvalue weighted by Gasteiger charge is 2.33. The second kappa shape index (κ2) is 8.78. The molecule has 0 radical (unpaired) electrons. The smallest absolute Gasteiger partial charge is 0.290 e. The largest absolute Gasteiger partial charge is 0.489 e. The fourth-order valence-electron chi connectivity index (χ4n) is 3.68. The summed E-state index contributed by atoms with van der Waals surface area (Å²) in [6.45, 7) is 1.94. The number of halogens is 1. The molecule has 0 spiro atoms. The first-order valence-corrected chi connectivity index (χ1v) is 10.2. The molecule has 2 aliphatic rings. The third-order valence-electron chi connectivity index (χ3n) is 5.13. The lowest BCUT2D eigenvalue weighted by Crippen LogP contribution is -2.51. The van der Waals surface area contributed by atoms with E-state index < -0.39 is 6.04 Å². The summed E-state index contributed by atoms with van der Waals surface area (Å²) in [6, 6.07) is 6.37. The van der Waals surface area contributed by atoms with Crippen LogP contribution in [-0.4, -0.2) is 42.5 Å². The maximum atomic E-state index is 12.9. The molecule has 0 bridgehead atoms. The molecule has 1 N–H and O–H groups in total. The summed E-state index contributed by atoms with van der Waals surface area (Å²) >= 11 is 6.32. The Kier molecular flexibility index (Phi) is 5.94. The fourth-order valence-corrected chi connectivity index (χ4v) is 3.97. The lowest BCUT2D eigenvalue weighted by atomic mass is 10.0. The zero-order valence-corrected chi connectivity index (χ0v) is 16.7. The molecule has 0 aliphatic carbocycles. The first-order chi connectivity index (χ1) is 14.1. The number of hydrogen-bond acceptors (Lipinski definition) is 5. The van der Waals surface area contributed by atoms with E-state index in [0.29, 0.717) is 42.7 Å². The quantitative estimate of drug-likeness (QED) is 0.822. The van der Waals surface area contributed by atoms with Crippen LogP contribution >= 0.6 is 11.6 Å². The molecule has 1 atom stereocenters. The van der Waals surface area contributed by atoms with E-state index in [4.69, 9.17) is 25.5 Å². The van der Waals surface area contributed by atoms with Crippen LogP contribution in [0.15, 0.2) is 34.9 Å². The van der Waals surface area contributed by atoms with Crippen LogP contribution in [0.2, 0.25) is 5.02 Å². The molecule has 29 heavy (non-hydrogen) atoms. The first-order valence-electron chi connectivity index (χ1n) is 9.83. The van der Waals surface area contributed by atoms with Gasteiger partial charge in [0.25, 0.3) is 5.91 Å².